The summed E-state index contributed by atoms with van der Waals surface area (Å²) < 4.78 is 20.8. The normalized spacial score (nSPS) is 29.7. The van der Waals surface area contributed by atoms with Gasteiger partial charge in [0.25, 0.3) is 0 Å². The minimum Gasteiger partial charge on any atom is -0.444 e. The van der Waals surface area contributed by atoms with Crippen LogP contribution in [0.3, 0.4) is 0 Å². The van der Waals surface area contributed by atoms with Crippen molar-refractivity contribution in [1.29, 1.82) is 0 Å². The number of β-amino-alcohol motifs (C(OH)–C–C–N with tert-alkyl or cyclic N) is 3. The smallest absolute Gasteiger partial charge is 0.410 e. The molecule has 8 atom stereocenters. The number of hydrogen-bond acceptors (Lipinski definition) is 11. The van der Waals surface area contributed by atoms with Crippen molar-refractivity contribution in [1.82, 2.24) is 20.0 Å². The Morgan fingerprint density at radius 2 is 0.860 bits per heavy atom. The number of rotatable bonds is 0. The summed E-state index contributed by atoms with van der Waals surface area (Å²) in [6, 6.07) is 0. The first-order chi connectivity index (χ1) is 21.8. The Morgan fingerprint density at radius 3 is 1.06 bits per heavy atom. The van der Waals surface area contributed by atoms with Gasteiger partial charge in [-0.15, -0.1) is 0 Å². The standard InChI is InChI=1S/2C10H19NO3.C9H15NO3.C5H11NO.2Ar/c2*1-7-5-11(6-8(7)12)9(13)14-10(2,3)4;1-9(2,3)13-8(11)10-4-6-7(5-10)12-6;1-4-2-6-3-5(4)7;;/h2*7-8,12H,5-6H2,1-4H3;6-7H,4-5H2,1-3H3;4-7H,2-3H2,1H3;;. The van der Waals surface area contributed by atoms with Crippen molar-refractivity contribution in [2.24, 2.45) is 17.8 Å². The number of hydrogen-bond donors (Lipinski definition) is 4. The Morgan fingerprint density at radius 1 is 0.540 bits per heavy atom. The zero-order valence-electron chi connectivity index (χ0n) is 32.0. The van der Waals surface area contributed by atoms with Gasteiger partial charge in [-0.05, 0) is 68.2 Å². The first-order valence-corrected chi connectivity index (χ1v) is 17.2. The molecule has 5 aliphatic rings. The molecule has 14 nitrogen and oxygen atoms in total. The SMILES string of the molecule is CC(C)(C)OC(=O)N1CC2OC2C1.CC1CN(C(=O)OC(C)(C)C)CC1O.CC1CN(C(=O)OC(C)(C)C)CC1O.CC1CNCC1O.[Ar].[Ar]. The zero-order valence-corrected chi connectivity index (χ0v) is 33.4. The summed E-state index contributed by atoms with van der Waals surface area (Å²) in [4.78, 5) is 39.4. The number of likely N-dealkylation sites (tertiary alicyclic amines) is 3. The van der Waals surface area contributed by atoms with Crippen LogP contribution >= 0.6 is 0 Å². The van der Waals surface area contributed by atoms with Gasteiger partial charge in [-0.3, -0.25) is 0 Å². The van der Waals surface area contributed by atoms with Crippen LogP contribution in [0.5, 0.6) is 0 Å². The maximum absolute atomic E-state index is 11.5. The van der Waals surface area contributed by atoms with Gasteiger partial charge in [0.05, 0.1) is 44.5 Å². The Balaban J connectivity index is 0.000000646. The van der Waals surface area contributed by atoms with Gasteiger partial charge in [0.15, 0.2) is 0 Å². The van der Waals surface area contributed by atoms with Gasteiger partial charge < -0.3 is 54.3 Å². The molecule has 8 unspecified atom stereocenters. The third kappa shape index (κ3) is 18.9. The molecule has 3 amide bonds. The first kappa shape index (κ1) is 50.1. The van der Waals surface area contributed by atoms with E-state index in [1.54, 1.807) is 14.7 Å². The molecule has 0 spiro atoms. The summed E-state index contributed by atoms with van der Waals surface area (Å²) in [5.41, 5.74) is -1.33. The number of carbonyl (C=O) groups excluding carboxylic acids is 3. The Hall–Kier alpha value is 0.129. The number of ether oxygens (including phenoxy) is 4. The Labute approximate surface area is 359 Å². The number of fused-ring (bicyclic) bond motifs is 1. The van der Waals surface area contributed by atoms with Gasteiger partial charge in [0.2, 0.25) is 0 Å². The van der Waals surface area contributed by atoms with Crippen molar-refractivity contribution in [2.75, 3.05) is 52.4 Å². The van der Waals surface area contributed by atoms with Crippen LogP contribution in [0.15, 0.2) is 0 Å². The van der Waals surface area contributed by atoms with E-state index in [0.29, 0.717) is 45.2 Å². The molecule has 5 heterocycles. The summed E-state index contributed by atoms with van der Waals surface area (Å²) in [5.74, 6) is 0.741. The maximum atomic E-state index is 11.5. The van der Waals surface area contributed by atoms with Crippen LogP contribution in [0, 0.1) is 93.2 Å². The molecule has 5 aliphatic heterocycles. The van der Waals surface area contributed by atoms with Crippen molar-refractivity contribution >= 4 is 18.3 Å². The van der Waals surface area contributed by atoms with Gasteiger partial charge in [-0.2, -0.15) is 0 Å². The number of morpholine rings is 1. The number of epoxide rings is 1. The number of aliphatic hydroxyl groups excluding tert-OH is 3. The molecule has 0 aromatic carbocycles. The average molecular weight is 769 g/mol. The molecule has 0 bridgehead atoms. The van der Waals surface area contributed by atoms with Gasteiger partial charge in [-0.25, -0.2) is 14.4 Å². The molecule has 296 valence electrons. The van der Waals surface area contributed by atoms with Crippen molar-refractivity contribution in [3.05, 3.63) is 0 Å². The van der Waals surface area contributed by atoms with E-state index in [1.165, 1.54) is 0 Å². The van der Waals surface area contributed by atoms with E-state index in [0.717, 1.165) is 13.1 Å². The Bertz CT molecular complexity index is 982. The van der Waals surface area contributed by atoms with Crippen molar-refractivity contribution in [2.45, 2.75) is 130 Å². The third-order valence-corrected chi connectivity index (χ3v) is 8.07. The monoisotopic (exact) mass is 768 g/mol. The molecule has 5 fully saturated rings. The summed E-state index contributed by atoms with van der Waals surface area (Å²) in [7, 11) is 0. The molecular formula is C34H64Ar2N4O10. The van der Waals surface area contributed by atoms with Gasteiger partial charge in [-0.1, -0.05) is 20.8 Å². The number of aliphatic hydroxyl groups is 3. The first-order valence-electron chi connectivity index (χ1n) is 17.2. The van der Waals surface area contributed by atoms with E-state index >= 15 is 0 Å². The van der Waals surface area contributed by atoms with Crippen LogP contribution in [-0.4, -0.2) is 148 Å². The molecule has 16 heteroatoms. The van der Waals surface area contributed by atoms with Crippen LogP contribution in [0.2, 0.25) is 0 Å². The van der Waals surface area contributed by atoms with E-state index in [-0.39, 0.29) is 124 Å². The van der Waals surface area contributed by atoms with Crippen molar-refractivity contribution in [3.8, 4) is 0 Å². The zero-order chi connectivity index (χ0) is 36.8. The molecule has 5 rings (SSSR count). The van der Waals surface area contributed by atoms with Gasteiger partial charge in [0, 0.05) is 113 Å². The van der Waals surface area contributed by atoms with Crippen LogP contribution < -0.4 is 5.32 Å². The molecule has 4 N–H and O–H groups in total. The summed E-state index contributed by atoms with van der Waals surface area (Å²) in [5, 5.41) is 30.9. The number of amides is 3. The predicted molar refractivity (Wildman–Crippen MR) is 180 cm³/mol. The van der Waals surface area contributed by atoms with Crippen LogP contribution in [0.4, 0.5) is 14.4 Å². The van der Waals surface area contributed by atoms with Crippen LogP contribution in [0.25, 0.3) is 0 Å². The quantitative estimate of drug-likeness (QED) is 0.211. The van der Waals surface area contributed by atoms with E-state index in [4.69, 9.17) is 24.1 Å². The topological polar surface area (TPSA) is 174 Å². The largest absolute Gasteiger partial charge is 0.444 e. The molecule has 0 saturated carbocycles. The summed E-state index contributed by atoms with van der Waals surface area (Å²) in [6.07, 6.45) is -1.24. The second-order valence-electron chi connectivity index (χ2n) is 16.7. The maximum Gasteiger partial charge on any atom is 0.410 e. The molecule has 0 aliphatic carbocycles. The minimum atomic E-state index is -0.464. The van der Waals surface area contributed by atoms with Crippen LogP contribution in [-0.2, 0) is 18.9 Å². The Kier molecular flexibility index (Phi) is 21.3. The number of nitrogens with zero attached hydrogens (tertiary/aromatic N) is 3. The summed E-state index contributed by atoms with van der Waals surface area (Å²) in [6.45, 7) is 27.6. The van der Waals surface area contributed by atoms with E-state index in [2.05, 4.69) is 5.32 Å². The molecule has 0 radical (unpaired) electrons. The summed E-state index contributed by atoms with van der Waals surface area (Å²) >= 11 is 0. The fraction of sp³-hybridized carbons (Fsp3) is 0.912. The molecule has 0 aromatic heterocycles. The number of carbonyl (C=O) groups is 3. The number of nitrogens with one attached hydrogen (secondary N) is 1. The van der Waals surface area contributed by atoms with Gasteiger partial charge in [0.1, 0.15) is 29.0 Å². The second kappa shape index (κ2) is 21.3. The van der Waals surface area contributed by atoms with E-state index in [1.807, 2.05) is 83.1 Å². The van der Waals surface area contributed by atoms with E-state index < -0.39 is 29.0 Å². The van der Waals surface area contributed by atoms with Crippen LogP contribution in [0.1, 0.15) is 83.1 Å². The van der Waals surface area contributed by atoms with Crippen molar-refractivity contribution in [3.63, 3.8) is 0 Å². The molecular weight excluding hydrogens is 704 g/mol. The van der Waals surface area contributed by atoms with Crippen molar-refractivity contribution < 1.29 is 124 Å². The molecule has 5 saturated heterocycles. The van der Waals surface area contributed by atoms with Gasteiger partial charge >= 0.3 is 18.3 Å². The molecule has 0 aromatic rings. The third-order valence-electron chi connectivity index (χ3n) is 8.07. The second-order valence-corrected chi connectivity index (χ2v) is 16.7. The van der Waals surface area contributed by atoms with E-state index in [9.17, 15) is 24.6 Å². The fourth-order valence-electron chi connectivity index (χ4n) is 5.13. The predicted octanol–water partition coefficient (Wildman–Crippen LogP) is 3.06. The molecule has 50 heavy (non-hydrogen) atoms. The fourth-order valence-corrected chi connectivity index (χ4v) is 5.13. The average Bonchev–Trinajstić information content (AvgIpc) is 3.24. The minimum absolute atomic E-state index is 0.